The van der Waals surface area contributed by atoms with E-state index in [-0.39, 0.29) is 17.9 Å². The molecule has 3 heteroatoms. The standard InChI is InChI=1S/C18H20N2O/c1-12(19)13-6-8-17(9-7-13)20-18(21)16-10-14-4-2-3-5-15(14)11-16/h2-9,12,16H,10-11,19H2,1H3,(H,20,21). The Morgan fingerprint density at radius 3 is 2.19 bits per heavy atom. The molecule has 0 aromatic heterocycles. The molecule has 0 aliphatic heterocycles. The van der Waals surface area contributed by atoms with Crippen molar-refractivity contribution in [3.63, 3.8) is 0 Å². The van der Waals surface area contributed by atoms with Crippen LogP contribution in [0.4, 0.5) is 5.69 Å². The van der Waals surface area contributed by atoms with Crippen LogP contribution < -0.4 is 11.1 Å². The lowest BCUT2D eigenvalue weighted by Crippen LogP contribution is -2.23. The Morgan fingerprint density at radius 1 is 1.10 bits per heavy atom. The predicted molar refractivity (Wildman–Crippen MR) is 85.0 cm³/mol. The van der Waals surface area contributed by atoms with Gasteiger partial charge in [0, 0.05) is 17.6 Å². The lowest BCUT2D eigenvalue weighted by atomic mass is 10.0. The van der Waals surface area contributed by atoms with Crippen LogP contribution in [0.2, 0.25) is 0 Å². The Kier molecular flexibility index (Phi) is 3.76. The van der Waals surface area contributed by atoms with Gasteiger partial charge in [0.1, 0.15) is 0 Å². The molecule has 0 radical (unpaired) electrons. The van der Waals surface area contributed by atoms with E-state index in [0.29, 0.717) is 0 Å². The topological polar surface area (TPSA) is 55.1 Å². The maximum Gasteiger partial charge on any atom is 0.228 e. The first-order chi connectivity index (χ1) is 10.1. The van der Waals surface area contributed by atoms with E-state index in [9.17, 15) is 4.79 Å². The molecule has 0 heterocycles. The lowest BCUT2D eigenvalue weighted by Gasteiger charge is -2.12. The Bertz CT molecular complexity index is 622. The molecule has 3 N–H and O–H groups in total. The van der Waals surface area contributed by atoms with Crippen LogP contribution in [0.25, 0.3) is 0 Å². The number of anilines is 1. The van der Waals surface area contributed by atoms with E-state index in [1.54, 1.807) is 0 Å². The first-order valence-electron chi connectivity index (χ1n) is 7.36. The van der Waals surface area contributed by atoms with E-state index in [2.05, 4.69) is 17.4 Å². The van der Waals surface area contributed by atoms with Gasteiger partial charge in [0.15, 0.2) is 0 Å². The number of carbonyl (C=O) groups is 1. The first-order valence-corrected chi connectivity index (χ1v) is 7.36. The summed E-state index contributed by atoms with van der Waals surface area (Å²) in [6, 6.07) is 16.1. The molecule has 3 rings (SSSR count). The number of benzene rings is 2. The Morgan fingerprint density at radius 2 is 1.67 bits per heavy atom. The van der Waals surface area contributed by atoms with Gasteiger partial charge in [-0.1, -0.05) is 36.4 Å². The molecule has 2 aromatic carbocycles. The second-order valence-electron chi connectivity index (χ2n) is 5.77. The molecule has 21 heavy (non-hydrogen) atoms. The fourth-order valence-corrected chi connectivity index (χ4v) is 2.86. The molecule has 1 aliphatic rings. The van der Waals surface area contributed by atoms with E-state index >= 15 is 0 Å². The summed E-state index contributed by atoms with van der Waals surface area (Å²) < 4.78 is 0. The zero-order chi connectivity index (χ0) is 14.8. The summed E-state index contributed by atoms with van der Waals surface area (Å²) in [6.07, 6.45) is 1.67. The molecule has 0 spiro atoms. The third-order valence-corrected chi connectivity index (χ3v) is 4.13. The maximum absolute atomic E-state index is 12.4. The number of hydrogen-bond acceptors (Lipinski definition) is 2. The van der Waals surface area contributed by atoms with Crippen LogP contribution in [-0.4, -0.2) is 5.91 Å². The molecule has 0 saturated carbocycles. The molecule has 0 bridgehead atoms. The highest BCUT2D eigenvalue weighted by atomic mass is 16.1. The van der Waals surface area contributed by atoms with Gasteiger partial charge in [0.05, 0.1) is 0 Å². The zero-order valence-electron chi connectivity index (χ0n) is 12.2. The first kappa shape index (κ1) is 13.8. The highest BCUT2D eigenvalue weighted by molar-refractivity contribution is 5.93. The zero-order valence-corrected chi connectivity index (χ0v) is 12.2. The molecule has 1 amide bonds. The highest BCUT2D eigenvalue weighted by Crippen LogP contribution is 2.27. The molecule has 1 atom stereocenters. The molecule has 1 aliphatic carbocycles. The van der Waals surface area contributed by atoms with Gasteiger partial charge in [-0.05, 0) is 48.6 Å². The number of nitrogens with one attached hydrogen (secondary N) is 1. The van der Waals surface area contributed by atoms with E-state index in [1.165, 1.54) is 11.1 Å². The third kappa shape index (κ3) is 2.98. The van der Waals surface area contributed by atoms with Gasteiger partial charge in [-0.2, -0.15) is 0 Å². The van der Waals surface area contributed by atoms with E-state index in [0.717, 1.165) is 24.1 Å². The van der Waals surface area contributed by atoms with Gasteiger partial charge < -0.3 is 11.1 Å². The largest absolute Gasteiger partial charge is 0.326 e. The van der Waals surface area contributed by atoms with Gasteiger partial charge in [0.2, 0.25) is 5.91 Å². The van der Waals surface area contributed by atoms with Crippen molar-refractivity contribution < 1.29 is 4.79 Å². The van der Waals surface area contributed by atoms with E-state index < -0.39 is 0 Å². The monoisotopic (exact) mass is 280 g/mol. The number of hydrogen-bond donors (Lipinski definition) is 2. The van der Waals surface area contributed by atoms with E-state index in [4.69, 9.17) is 5.73 Å². The minimum atomic E-state index is 0.0130. The molecule has 1 unspecified atom stereocenters. The SMILES string of the molecule is CC(N)c1ccc(NC(=O)C2Cc3ccccc3C2)cc1. The summed E-state index contributed by atoms with van der Waals surface area (Å²) in [6.45, 7) is 1.95. The maximum atomic E-state index is 12.4. The van der Waals surface area contributed by atoms with Crippen molar-refractivity contribution in [1.29, 1.82) is 0 Å². The van der Waals surface area contributed by atoms with Crippen molar-refractivity contribution in [2.75, 3.05) is 5.32 Å². The minimum Gasteiger partial charge on any atom is -0.326 e. The van der Waals surface area contributed by atoms with Crippen molar-refractivity contribution in [2.24, 2.45) is 11.7 Å². The van der Waals surface area contributed by atoms with Crippen molar-refractivity contribution in [3.05, 3.63) is 65.2 Å². The molecule has 108 valence electrons. The second-order valence-corrected chi connectivity index (χ2v) is 5.77. The number of carbonyl (C=O) groups excluding carboxylic acids is 1. The van der Waals surface area contributed by atoms with Crippen molar-refractivity contribution in [3.8, 4) is 0 Å². The molecule has 2 aromatic rings. The van der Waals surface area contributed by atoms with Crippen molar-refractivity contribution in [2.45, 2.75) is 25.8 Å². The fourth-order valence-electron chi connectivity index (χ4n) is 2.86. The summed E-state index contributed by atoms with van der Waals surface area (Å²) in [7, 11) is 0. The van der Waals surface area contributed by atoms with Crippen LogP contribution in [0.3, 0.4) is 0 Å². The summed E-state index contributed by atoms with van der Waals surface area (Å²) in [5, 5.41) is 3.01. The van der Waals surface area contributed by atoms with Crippen LogP contribution in [0, 0.1) is 5.92 Å². The molecular weight excluding hydrogens is 260 g/mol. The molecular formula is C18H20N2O. The average Bonchev–Trinajstić information content (AvgIpc) is 2.92. The minimum absolute atomic E-state index is 0.0130. The highest BCUT2D eigenvalue weighted by Gasteiger charge is 2.26. The van der Waals surface area contributed by atoms with Crippen molar-refractivity contribution >= 4 is 11.6 Å². The van der Waals surface area contributed by atoms with Crippen molar-refractivity contribution in [1.82, 2.24) is 0 Å². The molecule has 3 nitrogen and oxygen atoms in total. The quantitative estimate of drug-likeness (QED) is 0.908. The number of nitrogens with two attached hydrogens (primary N) is 1. The van der Waals surface area contributed by atoms with E-state index in [1.807, 2.05) is 43.3 Å². The van der Waals surface area contributed by atoms with Crippen LogP contribution in [0.1, 0.15) is 29.7 Å². The summed E-state index contributed by atoms with van der Waals surface area (Å²) in [4.78, 5) is 12.4. The van der Waals surface area contributed by atoms with Gasteiger partial charge >= 0.3 is 0 Å². The molecule has 0 fully saturated rings. The predicted octanol–water partition coefficient (Wildman–Crippen LogP) is 3.06. The molecule has 0 saturated heterocycles. The van der Waals surface area contributed by atoms with Crippen LogP contribution in [-0.2, 0) is 17.6 Å². The summed E-state index contributed by atoms with van der Waals surface area (Å²) >= 11 is 0. The van der Waals surface area contributed by atoms with Gasteiger partial charge in [0.25, 0.3) is 0 Å². The number of amides is 1. The van der Waals surface area contributed by atoms with Gasteiger partial charge in [-0.3, -0.25) is 4.79 Å². The smallest absolute Gasteiger partial charge is 0.228 e. The fraction of sp³-hybridized carbons (Fsp3) is 0.278. The Balaban J connectivity index is 1.65. The number of rotatable bonds is 3. The normalized spacial score (nSPS) is 15.5. The Hall–Kier alpha value is -2.13. The van der Waals surface area contributed by atoms with Crippen LogP contribution in [0.5, 0.6) is 0 Å². The van der Waals surface area contributed by atoms with Crippen LogP contribution in [0.15, 0.2) is 48.5 Å². The van der Waals surface area contributed by atoms with Gasteiger partial charge in [-0.15, -0.1) is 0 Å². The summed E-state index contributed by atoms with van der Waals surface area (Å²) in [5.74, 6) is 0.134. The van der Waals surface area contributed by atoms with Gasteiger partial charge in [-0.25, -0.2) is 0 Å². The second kappa shape index (κ2) is 5.70. The van der Waals surface area contributed by atoms with Crippen LogP contribution >= 0.6 is 0 Å². The Labute approximate surface area is 125 Å². The number of fused-ring (bicyclic) bond motifs is 1. The third-order valence-electron chi connectivity index (χ3n) is 4.13. The lowest BCUT2D eigenvalue weighted by molar-refractivity contribution is -0.119. The average molecular weight is 280 g/mol. The summed E-state index contributed by atoms with van der Waals surface area (Å²) in [5.41, 5.74) is 10.3.